The van der Waals surface area contributed by atoms with Gasteiger partial charge in [-0.05, 0) is 36.0 Å². The minimum absolute atomic E-state index is 0.0171. The van der Waals surface area contributed by atoms with Crippen molar-refractivity contribution in [1.29, 1.82) is 0 Å². The highest BCUT2D eigenvalue weighted by atomic mass is 16.5. The quantitative estimate of drug-likeness (QED) is 0.415. The fraction of sp³-hybridized carbons (Fsp3) is 0.500. The van der Waals surface area contributed by atoms with E-state index in [9.17, 15) is 19.5 Å². The normalized spacial score (nSPS) is 14.8. The number of hydrogen-bond acceptors (Lipinski definition) is 5. The second-order valence-electron chi connectivity index (χ2n) is 9.39. The molecule has 0 aliphatic carbocycles. The number of pyridine rings is 1. The number of aromatic carboxylic acids is 1. The summed E-state index contributed by atoms with van der Waals surface area (Å²) in [6.07, 6.45) is 3.18. The molecule has 1 atom stereocenters. The molecule has 1 aliphatic heterocycles. The number of nitrogens with zero attached hydrogens (tertiary/aromatic N) is 1. The molecular formula is C26H33NO6. The average molecular weight is 456 g/mol. The third-order valence-electron chi connectivity index (χ3n) is 5.99. The lowest BCUT2D eigenvalue weighted by molar-refractivity contribution is 0.0693. The predicted molar refractivity (Wildman–Crippen MR) is 126 cm³/mol. The van der Waals surface area contributed by atoms with E-state index in [0.717, 1.165) is 11.1 Å². The van der Waals surface area contributed by atoms with Crippen molar-refractivity contribution in [2.75, 3.05) is 20.3 Å². The Hall–Kier alpha value is -2.93. The molecule has 7 heteroatoms. The third-order valence-corrected chi connectivity index (χ3v) is 5.99. The molecule has 0 amide bonds. The van der Waals surface area contributed by atoms with Crippen LogP contribution in [0.5, 0.6) is 5.75 Å². The summed E-state index contributed by atoms with van der Waals surface area (Å²) in [5.41, 5.74) is 2.09. The van der Waals surface area contributed by atoms with Crippen molar-refractivity contribution in [2.45, 2.75) is 53.0 Å². The van der Waals surface area contributed by atoms with Crippen LogP contribution in [-0.2, 0) is 11.2 Å². The number of rotatable bonds is 10. The van der Waals surface area contributed by atoms with E-state index < -0.39 is 11.4 Å². The number of aromatic nitrogens is 1. The van der Waals surface area contributed by atoms with Crippen LogP contribution in [0.15, 0.2) is 29.2 Å². The number of hydrogen-bond donors (Lipinski definition) is 1. The number of benzene rings is 1. The maximum Gasteiger partial charge on any atom is 0.341 e. The average Bonchev–Trinajstić information content (AvgIpc) is 2.74. The molecule has 3 rings (SSSR count). The van der Waals surface area contributed by atoms with Crippen LogP contribution in [0.1, 0.15) is 72.9 Å². The summed E-state index contributed by atoms with van der Waals surface area (Å²) in [5.74, 6) is -0.314. The summed E-state index contributed by atoms with van der Waals surface area (Å²) in [6.45, 7) is 9.12. The maximum absolute atomic E-state index is 13.1. The minimum Gasteiger partial charge on any atom is -0.493 e. The van der Waals surface area contributed by atoms with Crippen LogP contribution in [0.2, 0.25) is 0 Å². The monoisotopic (exact) mass is 455 g/mol. The number of carboxylic acids is 1. The van der Waals surface area contributed by atoms with Crippen LogP contribution in [0.4, 0.5) is 0 Å². The summed E-state index contributed by atoms with van der Waals surface area (Å²) < 4.78 is 13.0. The van der Waals surface area contributed by atoms with Gasteiger partial charge < -0.3 is 19.1 Å². The van der Waals surface area contributed by atoms with Crippen molar-refractivity contribution >= 4 is 11.8 Å². The van der Waals surface area contributed by atoms with Crippen LogP contribution in [0.25, 0.3) is 11.3 Å². The largest absolute Gasteiger partial charge is 0.493 e. The Labute approximate surface area is 194 Å². The molecule has 1 unspecified atom stereocenters. The van der Waals surface area contributed by atoms with Gasteiger partial charge in [0.05, 0.1) is 17.9 Å². The molecule has 7 nitrogen and oxygen atoms in total. The summed E-state index contributed by atoms with van der Waals surface area (Å²) >= 11 is 0. The summed E-state index contributed by atoms with van der Waals surface area (Å²) in [5, 5.41) is 9.46. The van der Waals surface area contributed by atoms with E-state index >= 15 is 0 Å². The molecule has 1 N–H and O–H groups in total. The lowest BCUT2D eigenvalue weighted by Crippen LogP contribution is -2.28. The van der Waals surface area contributed by atoms with Crippen LogP contribution in [0, 0.1) is 11.8 Å². The van der Waals surface area contributed by atoms with Gasteiger partial charge in [0.25, 0.3) is 0 Å². The van der Waals surface area contributed by atoms with Crippen LogP contribution in [0.3, 0.4) is 0 Å². The second-order valence-corrected chi connectivity index (χ2v) is 9.39. The smallest absolute Gasteiger partial charge is 0.341 e. The Morgan fingerprint density at radius 1 is 1.12 bits per heavy atom. The summed E-state index contributed by atoms with van der Waals surface area (Å²) in [7, 11) is 1.64. The maximum atomic E-state index is 13.1. The molecule has 0 spiro atoms. The first-order chi connectivity index (χ1) is 15.6. The van der Waals surface area contributed by atoms with Crippen molar-refractivity contribution in [2.24, 2.45) is 11.8 Å². The lowest BCUT2D eigenvalue weighted by atomic mass is 9.85. The Balaban J connectivity index is 2.17. The summed E-state index contributed by atoms with van der Waals surface area (Å²) in [4.78, 5) is 37.2. The van der Waals surface area contributed by atoms with Crippen molar-refractivity contribution in [3.63, 3.8) is 0 Å². The Morgan fingerprint density at radius 3 is 2.45 bits per heavy atom. The number of carboxylic acid groups (broad SMARTS) is 1. The van der Waals surface area contributed by atoms with E-state index in [4.69, 9.17) is 9.47 Å². The number of carbonyl (C=O) groups excluding carboxylic acids is 1. The number of methoxy groups -OCH3 is 1. The van der Waals surface area contributed by atoms with Crippen molar-refractivity contribution < 1.29 is 24.2 Å². The van der Waals surface area contributed by atoms with Gasteiger partial charge in [0.2, 0.25) is 0 Å². The highest BCUT2D eigenvalue weighted by Crippen LogP contribution is 2.40. The summed E-state index contributed by atoms with van der Waals surface area (Å²) in [6, 6.07) is 5.09. The Morgan fingerprint density at radius 2 is 1.85 bits per heavy atom. The number of carbonyl (C=O) groups is 2. The molecular weight excluding hydrogens is 422 g/mol. The molecule has 178 valence electrons. The van der Waals surface area contributed by atoms with Crippen LogP contribution < -0.4 is 10.2 Å². The van der Waals surface area contributed by atoms with Gasteiger partial charge in [0.15, 0.2) is 11.2 Å². The highest BCUT2D eigenvalue weighted by Gasteiger charge is 2.30. The zero-order valence-corrected chi connectivity index (χ0v) is 20.0. The van der Waals surface area contributed by atoms with E-state index in [1.165, 1.54) is 12.3 Å². The fourth-order valence-electron chi connectivity index (χ4n) is 4.31. The van der Waals surface area contributed by atoms with E-state index in [0.29, 0.717) is 49.5 Å². The lowest BCUT2D eigenvalue weighted by Gasteiger charge is -2.34. The molecule has 33 heavy (non-hydrogen) atoms. The molecule has 1 aromatic carbocycles. The first kappa shape index (κ1) is 24.7. The van der Waals surface area contributed by atoms with Gasteiger partial charge >= 0.3 is 5.97 Å². The van der Waals surface area contributed by atoms with Gasteiger partial charge in [-0.1, -0.05) is 27.7 Å². The van der Waals surface area contributed by atoms with Gasteiger partial charge in [-0.3, -0.25) is 9.59 Å². The zero-order chi connectivity index (χ0) is 24.3. The van der Waals surface area contributed by atoms with Gasteiger partial charge in [-0.15, -0.1) is 0 Å². The number of Topliss-reactive ketones (excluding diaryl/α,β-unsaturated/α-hetero) is 1. The van der Waals surface area contributed by atoms with Crippen molar-refractivity contribution in [3.05, 3.63) is 51.3 Å². The molecule has 0 radical (unpaired) electrons. The van der Waals surface area contributed by atoms with Crippen molar-refractivity contribution in [1.82, 2.24) is 4.57 Å². The number of ether oxygens (including phenoxy) is 2. The predicted octanol–water partition coefficient (Wildman–Crippen LogP) is 4.61. The van der Waals surface area contributed by atoms with Gasteiger partial charge in [-0.25, -0.2) is 4.79 Å². The SMILES string of the molecule is COCCCOc1cc2c(cc1C(=O)CC(C)C)-c1cc(=O)c(C(=O)O)cn1C(C(C)C)C2. The van der Waals surface area contributed by atoms with Crippen molar-refractivity contribution in [3.8, 4) is 17.0 Å². The molecule has 0 saturated carbocycles. The number of ketones is 1. The Bertz CT molecular complexity index is 1100. The topological polar surface area (TPSA) is 94.8 Å². The molecule has 0 bridgehead atoms. The second kappa shape index (κ2) is 10.3. The molecule has 0 fully saturated rings. The van der Waals surface area contributed by atoms with Gasteiger partial charge in [0.1, 0.15) is 11.3 Å². The van der Waals surface area contributed by atoms with E-state index in [1.54, 1.807) is 7.11 Å². The van der Waals surface area contributed by atoms with Crippen LogP contribution in [-0.4, -0.2) is 41.7 Å². The molecule has 1 aromatic heterocycles. The fourth-order valence-corrected chi connectivity index (χ4v) is 4.31. The number of fused-ring (bicyclic) bond motifs is 3. The Kier molecular flexibility index (Phi) is 7.74. The van der Waals surface area contributed by atoms with Gasteiger partial charge in [-0.2, -0.15) is 0 Å². The zero-order valence-electron chi connectivity index (χ0n) is 20.0. The van der Waals surface area contributed by atoms with E-state index in [-0.39, 0.29) is 29.2 Å². The standard InChI is InChI=1S/C26H33NO6/c1-15(2)9-23(28)19-12-18-17(11-25(19)33-8-6-7-32-5)10-21(16(3)4)27-14-20(26(30)31)24(29)13-22(18)27/h11-16,21H,6-10H2,1-5H3,(H,30,31). The molecule has 1 aliphatic rings. The first-order valence-electron chi connectivity index (χ1n) is 11.5. The van der Waals surface area contributed by atoms with E-state index in [2.05, 4.69) is 13.8 Å². The molecule has 2 aromatic rings. The van der Waals surface area contributed by atoms with Crippen LogP contribution >= 0.6 is 0 Å². The molecule has 0 saturated heterocycles. The third kappa shape index (κ3) is 5.36. The highest BCUT2D eigenvalue weighted by molar-refractivity contribution is 6.00. The van der Waals surface area contributed by atoms with E-state index in [1.807, 2.05) is 30.5 Å². The molecule has 2 heterocycles. The van der Waals surface area contributed by atoms with Gasteiger partial charge in [0, 0.05) is 50.4 Å². The first-order valence-corrected chi connectivity index (χ1v) is 11.5. The minimum atomic E-state index is -1.24.